The second-order valence-electron chi connectivity index (χ2n) is 4.78. The van der Waals surface area contributed by atoms with Crippen LogP contribution in [0.3, 0.4) is 0 Å². The topological polar surface area (TPSA) is 52.0 Å². The molecule has 0 aliphatic rings. The van der Waals surface area contributed by atoms with Crippen LogP contribution in [0.4, 0.5) is 24.5 Å². The van der Waals surface area contributed by atoms with Crippen LogP contribution >= 0.6 is 0 Å². The number of nitrogens with two attached hydrogens (primary N) is 2. The van der Waals surface area contributed by atoms with Crippen LogP contribution in [0.1, 0.15) is 22.3 Å². The predicted molar refractivity (Wildman–Crippen MR) is 74.3 cm³/mol. The minimum Gasteiger partial charge on any atom is -0.399 e. The van der Waals surface area contributed by atoms with Gasteiger partial charge in [-0.25, -0.2) is 0 Å². The second-order valence-corrected chi connectivity index (χ2v) is 4.78. The third-order valence-electron chi connectivity index (χ3n) is 3.19. The molecule has 0 atom stereocenters. The highest BCUT2D eigenvalue weighted by molar-refractivity contribution is 5.50. The molecule has 20 heavy (non-hydrogen) atoms. The molecule has 0 amide bonds. The van der Waals surface area contributed by atoms with E-state index in [1.165, 1.54) is 12.1 Å². The number of nitrogen functional groups attached to an aromatic ring is 2. The van der Waals surface area contributed by atoms with Crippen LogP contribution in [0.5, 0.6) is 0 Å². The van der Waals surface area contributed by atoms with E-state index < -0.39 is 11.7 Å². The highest BCUT2D eigenvalue weighted by Crippen LogP contribution is 2.34. The van der Waals surface area contributed by atoms with E-state index in [0.29, 0.717) is 5.69 Å². The molecule has 2 aromatic rings. The van der Waals surface area contributed by atoms with Crippen LogP contribution in [-0.4, -0.2) is 0 Å². The fourth-order valence-electron chi connectivity index (χ4n) is 2.13. The van der Waals surface area contributed by atoms with Gasteiger partial charge in [-0.1, -0.05) is 12.1 Å². The molecule has 0 radical (unpaired) electrons. The lowest BCUT2D eigenvalue weighted by atomic mass is 9.96. The van der Waals surface area contributed by atoms with E-state index >= 15 is 0 Å². The number of rotatable bonds is 2. The number of alkyl halides is 3. The molecule has 0 fully saturated rings. The summed E-state index contributed by atoms with van der Waals surface area (Å²) in [5, 5.41) is 0. The van der Waals surface area contributed by atoms with Gasteiger partial charge in [0, 0.05) is 11.4 Å². The standard InChI is InChI=1S/C15H15F3N2/c1-9-6-12(19)4-2-10(9)7-11-3-5-13(20)8-14(11)15(16,17)18/h2-6,8H,7,19-20H2,1H3. The van der Waals surface area contributed by atoms with E-state index in [-0.39, 0.29) is 17.7 Å². The van der Waals surface area contributed by atoms with Gasteiger partial charge in [0.05, 0.1) is 5.56 Å². The maximum Gasteiger partial charge on any atom is 0.416 e. The van der Waals surface area contributed by atoms with Crippen molar-refractivity contribution in [1.82, 2.24) is 0 Å². The average molecular weight is 280 g/mol. The zero-order valence-corrected chi connectivity index (χ0v) is 11.0. The van der Waals surface area contributed by atoms with Gasteiger partial charge in [-0.15, -0.1) is 0 Å². The van der Waals surface area contributed by atoms with Crippen LogP contribution in [0.15, 0.2) is 36.4 Å². The summed E-state index contributed by atoms with van der Waals surface area (Å²) in [6, 6.07) is 9.07. The molecule has 106 valence electrons. The Morgan fingerprint density at radius 3 is 2.00 bits per heavy atom. The van der Waals surface area contributed by atoms with Gasteiger partial charge in [0.1, 0.15) is 0 Å². The summed E-state index contributed by atoms with van der Waals surface area (Å²) in [5.41, 5.74) is 13.0. The van der Waals surface area contributed by atoms with Gasteiger partial charge < -0.3 is 11.5 Å². The van der Waals surface area contributed by atoms with Crippen molar-refractivity contribution < 1.29 is 13.2 Å². The fraction of sp³-hybridized carbons (Fsp3) is 0.200. The molecule has 0 bridgehead atoms. The van der Waals surface area contributed by atoms with Gasteiger partial charge in [-0.3, -0.25) is 0 Å². The first-order chi connectivity index (χ1) is 9.27. The Balaban J connectivity index is 2.43. The van der Waals surface area contributed by atoms with Crippen molar-refractivity contribution in [2.45, 2.75) is 19.5 Å². The Bertz CT molecular complexity index is 634. The van der Waals surface area contributed by atoms with Crippen molar-refractivity contribution in [3.05, 3.63) is 58.7 Å². The van der Waals surface area contributed by atoms with Gasteiger partial charge in [0.2, 0.25) is 0 Å². The highest BCUT2D eigenvalue weighted by atomic mass is 19.4. The Hall–Kier alpha value is -2.17. The second kappa shape index (κ2) is 5.07. The Morgan fingerprint density at radius 2 is 1.45 bits per heavy atom. The van der Waals surface area contributed by atoms with E-state index in [2.05, 4.69) is 0 Å². The van der Waals surface area contributed by atoms with E-state index in [0.717, 1.165) is 17.2 Å². The van der Waals surface area contributed by atoms with Crippen molar-refractivity contribution in [2.24, 2.45) is 0 Å². The Kier molecular flexibility index (Phi) is 3.61. The third-order valence-corrected chi connectivity index (χ3v) is 3.19. The summed E-state index contributed by atoms with van der Waals surface area (Å²) in [4.78, 5) is 0. The summed E-state index contributed by atoms with van der Waals surface area (Å²) in [6.45, 7) is 1.83. The average Bonchev–Trinajstić information content (AvgIpc) is 2.33. The number of halogens is 3. The van der Waals surface area contributed by atoms with Crippen LogP contribution in [0, 0.1) is 6.92 Å². The van der Waals surface area contributed by atoms with Crippen molar-refractivity contribution in [2.75, 3.05) is 11.5 Å². The fourth-order valence-corrected chi connectivity index (χ4v) is 2.13. The first-order valence-corrected chi connectivity index (χ1v) is 6.08. The minimum absolute atomic E-state index is 0.107. The molecule has 0 spiro atoms. The van der Waals surface area contributed by atoms with Gasteiger partial charge in [0.15, 0.2) is 0 Å². The molecule has 0 aromatic heterocycles. The third kappa shape index (κ3) is 3.04. The first-order valence-electron chi connectivity index (χ1n) is 6.08. The molecule has 0 saturated carbocycles. The molecule has 0 heterocycles. The first kappa shape index (κ1) is 14.2. The van der Waals surface area contributed by atoms with E-state index in [1.807, 2.05) is 6.92 Å². The molecule has 2 aromatic carbocycles. The minimum atomic E-state index is -4.41. The molecular formula is C15H15F3N2. The van der Waals surface area contributed by atoms with Crippen molar-refractivity contribution in [3.8, 4) is 0 Å². The smallest absolute Gasteiger partial charge is 0.399 e. The lowest BCUT2D eigenvalue weighted by Crippen LogP contribution is -2.10. The van der Waals surface area contributed by atoms with Crippen molar-refractivity contribution in [1.29, 1.82) is 0 Å². The molecule has 0 aliphatic carbocycles. The quantitative estimate of drug-likeness (QED) is 0.823. The molecule has 4 N–H and O–H groups in total. The van der Waals surface area contributed by atoms with Crippen LogP contribution in [0.2, 0.25) is 0 Å². The molecule has 2 nitrogen and oxygen atoms in total. The summed E-state index contributed by atoms with van der Waals surface area (Å²) in [5.74, 6) is 0. The molecule has 5 heteroatoms. The summed E-state index contributed by atoms with van der Waals surface area (Å²) >= 11 is 0. The van der Waals surface area contributed by atoms with Gasteiger partial charge in [-0.2, -0.15) is 13.2 Å². The Labute approximate surface area is 115 Å². The summed E-state index contributed by atoms with van der Waals surface area (Å²) in [6.07, 6.45) is -4.21. The summed E-state index contributed by atoms with van der Waals surface area (Å²) in [7, 11) is 0. The Morgan fingerprint density at radius 1 is 0.900 bits per heavy atom. The number of anilines is 2. The number of hydrogen-bond acceptors (Lipinski definition) is 2. The number of benzene rings is 2. The van der Waals surface area contributed by atoms with Gasteiger partial charge >= 0.3 is 6.18 Å². The van der Waals surface area contributed by atoms with Crippen molar-refractivity contribution in [3.63, 3.8) is 0 Å². The zero-order chi connectivity index (χ0) is 14.9. The van der Waals surface area contributed by atoms with Gasteiger partial charge in [0.25, 0.3) is 0 Å². The van der Waals surface area contributed by atoms with Crippen molar-refractivity contribution >= 4 is 11.4 Å². The van der Waals surface area contributed by atoms with E-state index in [9.17, 15) is 13.2 Å². The lowest BCUT2D eigenvalue weighted by molar-refractivity contribution is -0.138. The molecule has 2 rings (SSSR count). The van der Waals surface area contributed by atoms with E-state index in [1.54, 1.807) is 18.2 Å². The van der Waals surface area contributed by atoms with Crippen LogP contribution in [-0.2, 0) is 12.6 Å². The molecule has 0 unspecified atom stereocenters. The van der Waals surface area contributed by atoms with E-state index in [4.69, 9.17) is 11.5 Å². The predicted octanol–water partition coefficient (Wildman–Crippen LogP) is 3.77. The van der Waals surface area contributed by atoms with Crippen LogP contribution < -0.4 is 11.5 Å². The molecule has 0 saturated heterocycles. The normalized spacial score (nSPS) is 11.6. The summed E-state index contributed by atoms with van der Waals surface area (Å²) < 4.78 is 39.1. The maximum absolute atomic E-state index is 13.0. The molecule has 0 aliphatic heterocycles. The monoisotopic (exact) mass is 280 g/mol. The van der Waals surface area contributed by atoms with Gasteiger partial charge in [-0.05, 0) is 54.3 Å². The lowest BCUT2D eigenvalue weighted by Gasteiger charge is -2.15. The maximum atomic E-state index is 13.0. The SMILES string of the molecule is Cc1cc(N)ccc1Cc1ccc(N)cc1C(F)(F)F. The van der Waals surface area contributed by atoms with Crippen LogP contribution in [0.25, 0.3) is 0 Å². The highest BCUT2D eigenvalue weighted by Gasteiger charge is 2.33. The number of aryl methyl sites for hydroxylation is 1. The molecular weight excluding hydrogens is 265 g/mol. The number of hydrogen-bond donors (Lipinski definition) is 2. The zero-order valence-electron chi connectivity index (χ0n) is 11.0. The largest absolute Gasteiger partial charge is 0.416 e.